The zero-order valence-corrected chi connectivity index (χ0v) is 8.81. The fraction of sp³-hybridized carbons (Fsp3) is 1.00. The molecule has 0 heterocycles. The Morgan fingerprint density at radius 2 is 1.70 bits per heavy atom. The summed E-state index contributed by atoms with van der Waals surface area (Å²) in [6.07, 6.45) is 5.23. The van der Waals surface area contributed by atoms with E-state index in [1.54, 1.807) is 0 Å². The van der Waals surface area contributed by atoms with Gasteiger partial charge in [-0.25, -0.2) is 0 Å². The van der Waals surface area contributed by atoms with Crippen LogP contribution in [0.1, 0.15) is 39.5 Å². The van der Waals surface area contributed by atoms with Crippen molar-refractivity contribution in [1.29, 1.82) is 0 Å². The number of halogens is 1. The molecule has 0 aliphatic carbocycles. The predicted molar refractivity (Wildman–Crippen MR) is 52.7 cm³/mol. The largest absolute Gasteiger partial charge is 0.330 e. The van der Waals surface area contributed by atoms with Crippen LogP contribution in [-0.2, 0) is 0 Å². The molecule has 0 unspecified atom stereocenters. The summed E-state index contributed by atoms with van der Waals surface area (Å²) in [5.41, 5.74) is 5.35. The second-order valence-electron chi connectivity index (χ2n) is 3.03. The standard InChI is InChI=1S/C8H19N.BrH/c1-8(2)6-4-3-5-7-9;/h8H,3-7,9H2,1-2H3;1H. The SMILES string of the molecule is Br.CC(C)CCCCCN. The minimum atomic E-state index is 0. The van der Waals surface area contributed by atoms with Gasteiger partial charge in [0, 0.05) is 0 Å². The smallest absolute Gasteiger partial charge is 0.00773 e. The minimum Gasteiger partial charge on any atom is -0.330 e. The molecule has 0 atom stereocenters. The van der Waals surface area contributed by atoms with Crippen molar-refractivity contribution in [1.82, 2.24) is 0 Å². The monoisotopic (exact) mass is 209 g/mol. The molecular formula is C8H20BrN. The van der Waals surface area contributed by atoms with Gasteiger partial charge >= 0.3 is 0 Å². The molecule has 0 saturated carbocycles. The summed E-state index contributed by atoms with van der Waals surface area (Å²) in [5, 5.41) is 0. The van der Waals surface area contributed by atoms with Crippen molar-refractivity contribution < 1.29 is 0 Å². The maximum absolute atomic E-state index is 5.35. The van der Waals surface area contributed by atoms with Gasteiger partial charge in [0.05, 0.1) is 0 Å². The van der Waals surface area contributed by atoms with Crippen molar-refractivity contribution in [2.75, 3.05) is 6.54 Å². The van der Waals surface area contributed by atoms with Crippen LogP contribution in [0, 0.1) is 5.92 Å². The van der Waals surface area contributed by atoms with E-state index in [2.05, 4.69) is 13.8 Å². The summed E-state index contributed by atoms with van der Waals surface area (Å²) < 4.78 is 0. The first-order valence-electron chi connectivity index (χ1n) is 3.97. The van der Waals surface area contributed by atoms with Crippen LogP contribution >= 0.6 is 17.0 Å². The quantitative estimate of drug-likeness (QED) is 0.693. The van der Waals surface area contributed by atoms with Gasteiger partial charge in [0.25, 0.3) is 0 Å². The average Bonchev–Trinajstić information content (AvgIpc) is 1.80. The summed E-state index contributed by atoms with van der Waals surface area (Å²) >= 11 is 0. The molecule has 1 nitrogen and oxygen atoms in total. The summed E-state index contributed by atoms with van der Waals surface area (Å²) in [6.45, 7) is 5.39. The van der Waals surface area contributed by atoms with Crippen LogP contribution in [-0.4, -0.2) is 6.54 Å². The molecule has 0 saturated heterocycles. The first-order valence-corrected chi connectivity index (χ1v) is 3.97. The molecular weight excluding hydrogens is 190 g/mol. The van der Waals surface area contributed by atoms with Crippen molar-refractivity contribution in [2.24, 2.45) is 11.7 Å². The highest BCUT2D eigenvalue weighted by Gasteiger charge is 1.91. The van der Waals surface area contributed by atoms with Crippen molar-refractivity contribution in [3.05, 3.63) is 0 Å². The Kier molecular flexibility index (Phi) is 12.3. The lowest BCUT2D eigenvalue weighted by Crippen LogP contribution is -1.98. The second-order valence-corrected chi connectivity index (χ2v) is 3.03. The third kappa shape index (κ3) is 11.3. The van der Waals surface area contributed by atoms with Crippen LogP contribution in [0.3, 0.4) is 0 Å². The highest BCUT2D eigenvalue weighted by atomic mass is 79.9. The molecule has 0 aromatic rings. The lowest BCUT2D eigenvalue weighted by Gasteiger charge is -2.01. The van der Waals surface area contributed by atoms with Crippen molar-refractivity contribution in [3.8, 4) is 0 Å². The van der Waals surface area contributed by atoms with E-state index in [4.69, 9.17) is 5.73 Å². The Morgan fingerprint density at radius 1 is 1.10 bits per heavy atom. The lowest BCUT2D eigenvalue weighted by atomic mass is 10.1. The van der Waals surface area contributed by atoms with Crippen LogP contribution in [0.4, 0.5) is 0 Å². The van der Waals surface area contributed by atoms with E-state index in [0.717, 1.165) is 12.5 Å². The molecule has 2 N–H and O–H groups in total. The van der Waals surface area contributed by atoms with Crippen molar-refractivity contribution in [2.45, 2.75) is 39.5 Å². The molecule has 10 heavy (non-hydrogen) atoms. The Morgan fingerprint density at radius 3 is 2.10 bits per heavy atom. The molecule has 0 aliphatic rings. The maximum atomic E-state index is 5.35. The number of hydrogen-bond acceptors (Lipinski definition) is 1. The first-order chi connectivity index (χ1) is 4.27. The highest BCUT2D eigenvalue weighted by molar-refractivity contribution is 8.93. The Labute approximate surface area is 75.1 Å². The van der Waals surface area contributed by atoms with Crippen LogP contribution in [0.25, 0.3) is 0 Å². The van der Waals surface area contributed by atoms with Gasteiger partial charge in [0.1, 0.15) is 0 Å². The second kappa shape index (κ2) is 9.44. The molecule has 0 amide bonds. The van der Waals surface area contributed by atoms with Crippen LogP contribution in [0.15, 0.2) is 0 Å². The van der Waals surface area contributed by atoms with Gasteiger partial charge in [-0.15, -0.1) is 17.0 Å². The molecule has 0 bridgehead atoms. The van der Waals surface area contributed by atoms with E-state index in [-0.39, 0.29) is 17.0 Å². The van der Waals surface area contributed by atoms with E-state index in [0.29, 0.717) is 0 Å². The normalized spacial score (nSPS) is 9.60. The van der Waals surface area contributed by atoms with E-state index < -0.39 is 0 Å². The molecule has 0 fully saturated rings. The summed E-state index contributed by atoms with van der Waals surface area (Å²) in [5.74, 6) is 0.864. The van der Waals surface area contributed by atoms with Gasteiger partial charge in [-0.05, 0) is 18.9 Å². The highest BCUT2D eigenvalue weighted by Crippen LogP contribution is 2.06. The number of hydrogen-bond donors (Lipinski definition) is 1. The minimum absolute atomic E-state index is 0. The number of nitrogens with two attached hydrogens (primary N) is 1. The number of rotatable bonds is 5. The fourth-order valence-corrected chi connectivity index (χ4v) is 0.874. The Balaban J connectivity index is 0. The van der Waals surface area contributed by atoms with Crippen molar-refractivity contribution in [3.63, 3.8) is 0 Å². The van der Waals surface area contributed by atoms with Crippen LogP contribution < -0.4 is 5.73 Å². The zero-order chi connectivity index (χ0) is 7.11. The zero-order valence-electron chi connectivity index (χ0n) is 7.10. The molecule has 2 heteroatoms. The Hall–Kier alpha value is 0.440. The van der Waals surface area contributed by atoms with E-state index in [9.17, 15) is 0 Å². The average molecular weight is 210 g/mol. The van der Waals surface area contributed by atoms with Crippen LogP contribution in [0.5, 0.6) is 0 Å². The van der Waals surface area contributed by atoms with Gasteiger partial charge in [0.15, 0.2) is 0 Å². The summed E-state index contributed by atoms with van der Waals surface area (Å²) in [6, 6.07) is 0. The molecule has 0 rings (SSSR count). The lowest BCUT2D eigenvalue weighted by molar-refractivity contribution is 0.529. The van der Waals surface area contributed by atoms with Gasteiger partial charge in [-0.3, -0.25) is 0 Å². The van der Waals surface area contributed by atoms with Crippen LogP contribution in [0.2, 0.25) is 0 Å². The van der Waals surface area contributed by atoms with E-state index in [1.807, 2.05) is 0 Å². The molecule has 0 aromatic heterocycles. The third-order valence-corrected chi connectivity index (χ3v) is 1.49. The van der Waals surface area contributed by atoms with Gasteiger partial charge in [-0.1, -0.05) is 33.1 Å². The molecule has 0 aliphatic heterocycles. The predicted octanol–water partition coefficient (Wildman–Crippen LogP) is 2.74. The van der Waals surface area contributed by atoms with Crippen molar-refractivity contribution >= 4 is 17.0 Å². The fourth-order valence-electron chi connectivity index (χ4n) is 0.874. The van der Waals surface area contributed by atoms with E-state index in [1.165, 1.54) is 25.7 Å². The van der Waals surface area contributed by atoms with Gasteiger partial charge in [0.2, 0.25) is 0 Å². The van der Waals surface area contributed by atoms with Gasteiger partial charge < -0.3 is 5.73 Å². The topological polar surface area (TPSA) is 26.0 Å². The number of unbranched alkanes of at least 4 members (excludes halogenated alkanes) is 2. The maximum Gasteiger partial charge on any atom is -0.00773 e. The van der Waals surface area contributed by atoms with Gasteiger partial charge in [-0.2, -0.15) is 0 Å². The molecule has 64 valence electrons. The summed E-state index contributed by atoms with van der Waals surface area (Å²) in [7, 11) is 0. The molecule has 0 aromatic carbocycles. The van der Waals surface area contributed by atoms with E-state index >= 15 is 0 Å². The molecule has 0 spiro atoms. The Bertz CT molecular complexity index is 55.2. The molecule has 0 radical (unpaired) electrons. The third-order valence-electron chi connectivity index (χ3n) is 1.49. The first kappa shape index (κ1) is 13.1. The summed E-state index contributed by atoms with van der Waals surface area (Å²) in [4.78, 5) is 0.